The molecule has 2 amide bonds. The Labute approximate surface area is 140 Å². The predicted molar refractivity (Wildman–Crippen MR) is 89.9 cm³/mol. The molecule has 124 valence electrons. The Morgan fingerprint density at radius 3 is 2.71 bits per heavy atom. The predicted octanol–water partition coefficient (Wildman–Crippen LogP) is 2.80. The third-order valence-electron chi connectivity index (χ3n) is 4.20. The SMILES string of the molecule is Cc1ccc(N2CC(C(=O)NCc3cccc(F)c3)CC2=O)cc1. The highest BCUT2D eigenvalue weighted by atomic mass is 19.1. The van der Waals surface area contributed by atoms with Gasteiger partial charge in [0, 0.05) is 25.2 Å². The lowest BCUT2D eigenvalue weighted by molar-refractivity contribution is -0.126. The maximum Gasteiger partial charge on any atom is 0.227 e. The third-order valence-corrected chi connectivity index (χ3v) is 4.20. The molecule has 0 aromatic heterocycles. The summed E-state index contributed by atoms with van der Waals surface area (Å²) in [4.78, 5) is 26.1. The molecule has 0 saturated carbocycles. The largest absolute Gasteiger partial charge is 0.352 e. The molecule has 1 heterocycles. The Hall–Kier alpha value is -2.69. The van der Waals surface area contributed by atoms with Crippen LogP contribution in [0.25, 0.3) is 0 Å². The highest BCUT2D eigenvalue weighted by Gasteiger charge is 2.34. The van der Waals surface area contributed by atoms with Gasteiger partial charge in [-0.2, -0.15) is 0 Å². The van der Waals surface area contributed by atoms with E-state index in [1.165, 1.54) is 12.1 Å². The number of rotatable bonds is 4. The molecular formula is C19H19FN2O2. The number of hydrogen-bond donors (Lipinski definition) is 1. The zero-order chi connectivity index (χ0) is 17.1. The highest BCUT2D eigenvalue weighted by Crippen LogP contribution is 2.25. The summed E-state index contributed by atoms with van der Waals surface area (Å²) in [5.41, 5.74) is 2.63. The minimum Gasteiger partial charge on any atom is -0.352 e. The van der Waals surface area contributed by atoms with Gasteiger partial charge in [0.25, 0.3) is 0 Å². The molecule has 4 nitrogen and oxygen atoms in total. The maximum atomic E-state index is 13.1. The van der Waals surface area contributed by atoms with Gasteiger partial charge in [-0.3, -0.25) is 9.59 Å². The van der Waals surface area contributed by atoms with Gasteiger partial charge in [-0.15, -0.1) is 0 Å². The van der Waals surface area contributed by atoms with E-state index in [1.54, 1.807) is 17.0 Å². The smallest absolute Gasteiger partial charge is 0.227 e. The molecule has 1 fully saturated rings. The Morgan fingerprint density at radius 1 is 1.25 bits per heavy atom. The number of carbonyl (C=O) groups excluding carboxylic acids is 2. The first-order valence-corrected chi connectivity index (χ1v) is 7.92. The van der Waals surface area contributed by atoms with Crippen molar-refractivity contribution < 1.29 is 14.0 Å². The maximum absolute atomic E-state index is 13.1. The molecule has 24 heavy (non-hydrogen) atoms. The van der Waals surface area contributed by atoms with Crippen molar-refractivity contribution in [3.05, 3.63) is 65.5 Å². The second kappa shape index (κ2) is 6.83. The molecule has 2 aromatic carbocycles. The zero-order valence-electron chi connectivity index (χ0n) is 13.5. The van der Waals surface area contributed by atoms with E-state index in [-0.39, 0.29) is 36.5 Å². The molecule has 1 aliphatic heterocycles. The lowest BCUT2D eigenvalue weighted by Crippen LogP contribution is -2.32. The zero-order valence-corrected chi connectivity index (χ0v) is 13.5. The van der Waals surface area contributed by atoms with Crippen molar-refractivity contribution in [3.8, 4) is 0 Å². The summed E-state index contributed by atoms with van der Waals surface area (Å²) in [6, 6.07) is 13.8. The van der Waals surface area contributed by atoms with Crippen molar-refractivity contribution in [2.24, 2.45) is 5.92 Å². The number of aryl methyl sites for hydroxylation is 1. The van der Waals surface area contributed by atoms with Gasteiger partial charge < -0.3 is 10.2 Å². The Bertz CT molecular complexity index is 758. The molecule has 1 N–H and O–H groups in total. The van der Waals surface area contributed by atoms with Crippen LogP contribution in [-0.2, 0) is 16.1 Å². The normalized spacial score (nSPS) is 17.2. The first-order valence-electron chi connectivity index (χ1n) is 7.92. The summed E-state index contributed by atoms with van der Waals surface area (Å²) in [7, 11) is 0. The number of benzene rings is 2. The number of hydrogen-bond acceptors (Lipinski definition) is 2. The van der Waals surface area contributed by atoms with Crippen LogP contribution < -0.4 is 10.2 Å². The Kier molecular flexibility index (Phi) is 4.60. The molecule has 0 bridgehead atoms. The van der Waals surface area contributed by atoms with Gasteiger partial charge >= 0.3 is 0 Å². The summed E-state index contributed by atoms with van der Waals surface area (Å²) < 4.78 is 13.1. The van der Waals surface area contributed by atoms with Crippen molar-refractivity contribution in [2.45, 2.75) is 19.9 Å². The van der Waals surface area contributed by atoms with Gasteiger partial charge in [-0.05, 0) is 36.8 Å². The minimum atomic E-state index is -0.382. The first kappa shape index (κ1) is 16.2. The van der Waals surface area contributed by atoms with E-state index in [2.05, 4.69) is 5.32 Å². The second-order valence-electron chi connectivity index (χ2n) is 6.09. The minimum absolute atomic E-state index is 0.0511. The lowest BCUT2D eigenvalue weighted by Gasteiger charge is -2.17. The summed E-state index contributed by atoms with van der Waals surface area (Å²) in [6.45, 7) is 2.61. The molecule has 1 unspecified atom stereocenters. The Morgan fingerprint density at radius 2 is 2.00 bits per heavy atom. The van der Waals surface area contributed by atoms with Crippen LogP contribution in [0.4, 0.5) is 10.1 Å². The molecule has 1 saturated heterocycles. The topological polar surface area (TPSA) is 49.4 Å². The molecule has 0 spiro atoms. The number of carbonyl (C=O) groups is 2. The van der Waals surface area contributed by atoms with Crippen LogP contribution in [0.1, 0.15) is 17.5 Å². The molecular weight excluding hydrogens is 307 g/mol. The van der Waals surface area contributed by atoms with Gasteiger partial charge in [0.2, 0.25) is 11.8 Å². The van der Waals surface area contributed by atoms with E-state index in [0.29, 0.717) is 12.1 Å². The summed E-state index contributed by atoms with van der Waals surface area (Å²) in [6.07, 6.45) is 0.197. The van der Waals surface area contributed by atoms with Crippen molar-refractivity contribution >= 4 is 17.5 Å². The van der Waals surface area contributed by atoms with E-state index < -0.39 is 0 Å². The van der Waals surface area contributed by atoms with Crippen LogP contribution >= 0.6 is 0 Å². The fourth-order valence-electron chi connectivity index (χ4n) is 2.84. The van der Waals surface area contributed by atoms with Crippen LogP contribution in [0.2, 0.25) is 0 Å². The molecule has 0 aliphatic carbocycles. The van der Waals surface area contributed by atoms with Gasteiger partial charge in [0.1, 0.15) is 5.82 Å². The van der Waals surface area contributed by atoms with Crippen molar-refractivity contribution in [3.63, 3.8) is 0 Å². The molecule has 1 aliphatic rings. The Balaban J connectivity index is 1.60. The fourth-order valence-corrected chi connectivity index (χ4v) is 2.84. The number of nitrogens with zero attached hydrogens (tertiary/aromatic N) is 1. The number of anilines is 1. The van der Waals surface area contributed by atoms with Crippen LogP contribution in [-0.4, -0.2) is 18.4 Å². The van der Waals surface area contributed by atoms with Crippen molar-refractivity contribution in [1.29, 1.82) is 0 Å². The van der Waals surface area contributed by atoms with Crippen molar-refractivity contribution in [1.82, 2.24) is 5.32 Å². The molecule has 3 rings (SSSR count). The number of amides is 2. The average molecular weight is 326 g/mol. The van der Waals surface area contributed by atoms with Crippen molar-refractivity contribution in [2.75, 3.05) is 11.4 Å². The van der Waals surface area contributed by atoms with Gasteiger partial charge in [0.15, 0.2) is 0 Å². The van der Waals surface area contributed by atoms with Crippen LogP contribution in [0, 0.1) is 18.7 Å². The third kappa shape index (κ3) is 3.62. The fraction of sp³-hybridized carbons (Fsp3) is 0.263. The van der Waals surface area contributed by atoms with Crippen LogP contribution in [0.15, 0.2) is 48.5 Å². The van der Waals surface area contributed by atoms with Crippen LogP contribution in [0.3, 0.4) is 0 Å². The summed E-state index contributed by atoms with van der Waals surface area (Å²) in [5.74, 6) is -0.942. The molecule has 5 heteroatoms. The quantitative estimate of drug-likeness (QED) is 0.939. The van der Waals surface area contributed by atoms with E-state index in [1.807, 2.05) is 31.2 Å². The molecule has 0 radical (unpaired) electrons. The lowest BCUT2D eigenvalue weighted by atomic mass is 10.1. The monoisotopic (exact) mass is 326 g/mol. The van der Waals surface area contributed by atoms with Gasteiger partial charge in [-0.25, -0.2) is 4.39 Å². The van der Waals surface area contributed by atoms with E-state index in [9.17, 15) is 14.0 Å². The van der Waals surface area contributed by atoms with Crippen LogP contribution in [0.5, 0.6) is 0 Å². The standard InChI is InChI=1S/C19H19FN2O2/c1-13-5-7-17(8-6-13)22-12-15(10-18(22)23)19(24)21-11-14-3-2-4-16(20)9-14/h2-9,15H,10-12H2,1H3,(H,21,24). The highest BCUT2D eigenvalue weighted by molar-refractivity contribution is 6.00. The van der Waals surface area contributed by atoms with E-state index >= 15 is 0 Å². The first-order chi connectivity index (χ1) is 11.5. The second-order valence-corrected chi connectivity index (χ2v) is 6.09. The molecule has 2 aromatic rings. The van der Waals surface area contributed by atoms with E-state index in [4.69, 9.17) is 0 Å². The van der Waals surface area contributed by atoms with Gasteiger partial charge in [0.05, 0.1) is 5.92 Å². The number of nitrogens with one attached hydrogen (secondary N) is 1. The summed E-state index contributed by atoms with van der Waals surface area (Å²) in [5, 5.41) is 2.79. The summed E-state index contributed by atoms with van der Waals surface area (Å²) >= 11 is 0. The van der Waals surface area contributed by atoms with E-state index in [0.717, 1.165) is 11.3 Å². The average Bonchev–Trinajstić information content (AvgIpc) is 2.95. The number of halogens is 1. The van der Waals surface area contributed by atoms with Gasteiger partial charge in [-0.1, -0.05) is 29.8 Å². The molecule has 1 atom stereocenters.